The third-order valence-corrected chi connectivity index (χ3v) is 3.86. The maximum Gasteiger partial charge on any atom is 0.278 e. The molecule has 0 spiro atoms. The number of nitro benzene ring substituents is 1. The molecule has 0 aliphatic heterocycles. The Labute approximate surface area is 145 Å². The number of nitrogens with zero attached hydrogens (tertiary/aromatic N) is 5. The Hall–Kier alpha value is -3.06. The lowest BCUT2D eigenvalue weighted by molar-refractivity contribution is -0.385. The van der Waals surface area contributed by atoms with E-state index in [9.17, 15) is 10.1 Å². The van der Waals surface area contributed by atoms with Crippen molar-refractivity contribution < 1.29 is 4.92 Å². The van der Waals surface area contributed by atoms with Crippen LogP contribution in [0.5, 0.6) is 0 Å². The van der Waals surface area contributed by atoms with Crippen LogP contribution < -0.4 is 0 Å². The van der Waals surface area contributed by atoms with Crippen LogP contribution in [-0.4, -0.2) is 46.2 Å². The lowest BCUT2D eigenvalue weighted by Crippen LogP contribution is -2.18. The molecule has 1 aromatic heterocycles. The molecule has 128 valence electrons. The molecule has 1 heterocycles. The highest BCUT2D eigenvalue weighted by atomic mass is 16.6. The molecule has 0 atom stereocenters. The van der Waals surface area contributed by atoms with Crippen LogP contribution in [0.4, 0.5) is 11.6 Å². The first-order valence-corrected chi connectivity index (χ1v) is 7.94. The van der Waals surface area contributed by atoms with Crippen molar-refractivity contribution in [3.05, 3.63) is 64.2 Å². The Kier molecular flexibility index (Phi) is 4.85. The van der Waals surface area contributed by atoms with E-state index in [1.165, 1.54) is 12.3 Å². The van der Waals surface area contributed by atoms with E-state index in [1.54, 1.807) is 18.2 Å². The fourth-order valence-electron chi connectivity index (χ4n) is 2.57. The lowest BCUT2D eigenvalue weighted by atomic mass is 10.2. The molecule has 0 aliphatic rings. The molecule has 7 nitrogen and oxygen atoms in total. The van der Waals surface area contributed by atoms with Gasteiger partial charge in [-0.2, -0.15) is 0 Å². The average Bonchev–Trinajstić information content (AvgIpc) is 2.95. The van der Waals surface area contributed by atoms with Crippen LogP contribution in [0.2, 0.25) is 0 Å². The number of imidazole rings is 1. The molecule has 3 aromatic rings. The van der Waals surface area contributed by atoms with Gasteiger partial charge in [-0.25, -0.2) is 9.98 Å². The summed E-state index contributed by atoms with van der Waals surface area (Å²) < 4.78 is 2.03. The van der Waals surface area contributed by atoms with Crippen molar-refractivity contribution in [2.45, 2.75) is 6.54 Å². The van der Waals surface area contributed by atoms with Crippen LogP contribution >= 0.6 is 0 Å². The molecule has 0 unspecified atom stereocenters. The molecular formula is C18H19N5O2. The number of nitro groups is 1. The van der Waals surface area contributed by atoms with E-state index in [-0.39, 0.29) is 5.69 Å². The zero-order chi connectivity index (χ0) is 17.8. The SMILES string of the molecule is CN(C)CCn1c(/N=C/c2ccccc2[N+](=O)[O-])nc2ccccc21. The lowest BCUT2D eigenvalue weighted by Gasteiger charge is -2.11. The minimum atomic E-state index is -0.406. The summed E-state index contributed by atoms with van der Waals surface area (Å²) in [4.78, 5) is 21.8. The summed E-state index contributed by atoms with van der Waals surface area (Å²) in [5, 5.41) is 11.1. The summed E-state index contributed by atoms with van der Waals surface area (Å²) in [5.74, 6) is 0.543. The predicted molar refractivity (Wildman–Crippen MR) is 98.6 cm³/mol. The Morgan fingerprint density at radius 1 is 1.20 bits per heavy atom. The molecule has 25 heavy (non-hydrogen) atoms. The molecular weight excluding hydrogens is 318 g/mol. The number of aliphatic imine (C=N–C) groups is 1. The minimum Gasteiger partial charge on any atom is -0.308 e. The van der Waals surface area contributed by atoms with E-state index in [2.05, 4.69) is 14.9 Å². The van der Waals surface area contributed by atoms with E-state index in [0.29, 0.717) is 11.5 Å². The molecule has 0 amide bonds. The Balaban J connectivity index is 2.01. The van der Waals surface area contributed by atoms with Gasteiger partial charge < -0.3 is 9.47 Å². The van der Waals surface area contributed by atoms with Crippen LogP contribution in [0.3, 0.4) is 0 Å². The van der Waals surface area contributed by atoms with Crippen molar-refractivity contribution in [1.29, 1.82) is 0 Å². The van der Waals surface area contributed by atoms with Crippen LogP contribution in [0, 0.1) is 10.1 Å². The fraction of sp³-hybridized carbons (Fsp3) is 0.222. The summed E-state index contributed by atoms with van der Waals surface area (Å²) in [6, 6.07) is 14.4. The fourth-order valence-corrected chi connectivity index (χ4v) is 2.57. The second-order valence-corrected chi connectivity index (χ2v) is 5.93. The van der Waals surface area contributed by atoms with Crippen molar-refractivity contribution >= 4 is 28.9 Å². The Morgan fingerprint density at radius 3 is 2.68 bits per heavy atom. The monoisotopic (exact) mass is 337 g/mol. The van der Waals surface area contributed by atoms with Gasteiger partial charge in [0.05, 0.1) is 21.5 Å². The second-order valence-electron chi connectivity index (χ2n) is 5.93. The van der Waals surface area contributed by atoms with E-state index in [4.69, 9.17) is 0 Å². The molecule has 0 N–H and O–H groups in total. The Bertz CT molecular complexity index is 930. The van der Waals surface area contributed by atoms with Crippen LogP contribution in [-0.2, 0) is 6.54 Å². The number of likely N-dealkylation sites (N-methyl/N-ethyl adjacent to an activating group) is 1. The molecule has 0 bridgehead atoms. The molecule has 3 rings (SSSR count). The van der Waals surface area contributed by atoms with Crippen molar-refractivity contribution in [3.8, 4) is 0 Å². The minimum absolute atomic E-state index is 0.0298. The quantitative estimate of drug-likeness (QED) is 0.393. The van der Waals surface area contributed by atoms with Crippen molar-refractivity contribution in [2.24, 2.45) is 4.99 Å². The molecule has 0 saturated heterocycles. The van der Waals surface area contributed by atoms with Crippen molar-refractivity contribution in [1.82, 2.24) is 14.5 Å². The van der Waals surface area contributed by atoms with Gasteiger partial charge in [0.2, 0.25) is 5.95 Å². The largest absolute Gasteiger partial charge is 0.308 e. The summed E-state index contributed by atoms with van der Waals surface area (Å²) in [7, 11) is 4.02. The van der Waals surface area contributed by atoms with E-state index in [0.717, 1.165) is 24.1 Å². The third-order valence-electron chi connectivity index (χ3n) is 3.86. The average molecular weight is 337 g/mol. The van der Waals surface area contributed by atoms with Gasteiger partial charge in [-0.15, -0.1) is 0 Å². The Morgan fingerprint density at radius 2 is 1.92 bits per heavy atom. The number of para-hydroxylation sites is 3. The normalized spacial score (nSPS) is 11.6. The summed E-state index contributed by atoms with van der Waals surface area (Å²) in [6.45, 7) is 1.57. The molecule has 0 fully saturated rings. The molecule has 0 radical (unpaired) electrons. The van der Waals surface area contributed by atoms with Crippen molar-refractivity contribution in [2.75, 3.05) is 20.6 Å². The van der Waals surface area contributed by atoms with Gasteiger partial charge >= 0.3 is 0 Å². The number of hydrogen-bond donors (Lipinski definition) is 0. The summed E-state index contributed by atoms with van der Waals surface area (Å²) >= 11 is 0. The number of aromatic nitrogens is 2. The van der Waals surface area contributed by atoms with Crippen LogP contribution in [0.15, 0.2) is 53.5 Å². The summed E-state index contributed by atoms with van der Waals surface area (Å²) in [5.41, 5.74) is 2.34. The first-order valence-electron chi connectivity index (χ1n) is 7.94. The maximum atomic E-state index is 11.1. The molecule has 2 aromatic carbocycles. The van der Waals surface area contributed by atoms with Gasteiger partial charge in [-0.3, -0.25) is 10.1 Å². The van der Waals surface area contributed by atoms with Gasteiger partial charge in [0.25, 0.3) is 5.69 Å². The first-order chi connectivity index (χ1) is 12.1. The molecule has 0 aliphatic carbocycles. The van der Waals surface area contributed by atoms with Gasteiger partial charge in [0.1, 0.15) is 0 Å². The maximum absolute atomic E-state index is 11.1. The highest BCUT2D eigenvalue weighted by Crippen LogP contribution is 2.22. The highest BCUT2D eigenvalue weighted by molar-refractivity contribution is 5.87. The topological polar surface area (TPSA) is 76.6 Å². The highest BCUT2D eigenvalue weighted by Gasteiger charge is 2.12. The first kappa shape index (κ1) is 16.8. The van der Waals surface area contributed by atoms with Crippen molar-refractivity contribution in [3.63, 3.8) is 0 Å². The van der Waals surface area contributed by atoms with Gasteiger partial charge in [-0.05, 0) is 32.3 Å². The summed E-state index contributed by atoms with van der Waals surface area (Å²) in [6.07, 6.45) is 1.51. The van der Waals surface area contributed by atoms with Gasteiger partial charge in [0, 0.05) is 25.4 Å². The van der Waals surface area contributed by atoms with E-state index < -0.39 is 4.92 Å². The van der Waals surface area contributed by atoms with E-state index in [1.807, 2.05) is 42.9 Å². The second kappa shape index (κ2) is 7.23. The molecule has 0 saturated carbocycles. The smallest absolute Gasteiger partial charge is 0.278 e. The third kappa shape index (κ3) is 3.72. The van der Waals surface area contributed by atoms with Crippen LogP contribution in [0.25, 0.3) is 11.0 Å². The predicted octanol–water partition coefficient (Wildman–Crippen LogP) is 3.26. The van der Waals surface area contributed by atoms with Gasteiger partial charge in [-0.1, -0.05) is 24.3 Å². The molecule has 7 heteroatoms. The number of benzene rings is 2. The number of hydrogen-bond acceptors (Lipinski definition) is 5. The zero-order valence-corrected chi connectivity index (χ0v) is 14.2. The van der Waals surface area contributed by atoms with Gasteiger partial charge in [0.15, 0.2) is 0 Å². The van der Waals surface area contributed by atoms with E-state index >= 15 is 0 Å². The zero-order valence-electron chi connectivity index (χ0n) is 14.2. The number of fused-ring (bicyclic) bond motifs is 1. The van der Waals surface area contributed by atoms with Crippen LogP contribution in [0.1, 0.15) is 5.56 Å². The number of rotatable bonds is 6. The standard InChI is InChI=1S/C18H19N5O2/c1-21(2)11-12-22-17-10-6-4-8-15(17)20-18(22)19-13-14-7-3-5-9-16(14)23(24)25/h3-10,13H,11-12H2,1-2H3/b19-13+.